The number of carbonyl (C=O) groups excluding carboxylic acids is 3. The highest BCUT2D eigenvalue weighted by atomic mass is 35.5. The molecule has 3 heterocycles. The van der Waals surface area contributed by atoms with Crippen LogP contribution in [-0.4, -0.2) is 141 Å². The smallest absolute Gasteiger partial charge is 0.367 e. The molecule has 0 radical (unpaired) electrons. The first kappa shape index (κ1) is 48.0. The average Bonchev–Trinajstić information content (AvgIpc) is 3.57. The first-order valence-corrected chi connectivity index (χ1v) is 22.3. The van der Waals surface area contributed by atoms with Gasteiger partial charge in [-0.1, -0.05) is 53.5 Å². The summed E-state index contributed by atoms with van der Waals surface area (Å²) in [5.41, 5.74) is -2.54. The van der Waals surface area contributed by atoms with Crippen LogP contribution in [0.25, 0.3) is 0 Å². The molecule has 0 unspecified atom stereocenters. The van der Waals surface area contributed by atoms with Crippen molar-refractivity contribution in [2.75, 3.05) is 92.8 Å². The first-order chi connectivity index (χ1) is 30.3. The average molecular weight is 941 g/mol. The van der Waals surface area contributed by atoms with Crippen LogP contribution in [0.2, 0.25) is 10.0 Å². The van der Waals surface area contributed by atoms with Gasteiger partial charge in [0.05, 0.1) is 40.4 Å². The number of rotatable bonds is 12. The van der Waals surface area contributed by atoms with Gasteiger partial charge in [-0.2, -0.15) is 26.3 Å². The van der Waals surface area contributed by atoms with Crippen LogP contribution >= 0.6 is 23.2 Å². The fraction of sp³-hybridized carbons (Fsp3) is 0.543. The third-order valence-corrected chi connectivity index (χ3v) is 14.2. The molecule has 3 fully saturated rings. The molecule has 2 atom stereocenters. The first-order valence-electron chi connectivity index (χ1n) is 21.6. The summed E-state index contributed by atoms with van der Waals surface area (Å²) in [7, 11) is 3.77. The summed E-state index contributed by atoms with van der Waals surface area (Å²) in [4.78, 5) is 49.1. The molecule has 0 N–H and O–H groups in total. The van der Waals surface area contributed by atoms with E-state index in [-0.39, 0.29) is 65.7 Å². The van der Waals surface area contributed by atoms with Gasteiger partial charge in [0.1, 0.15) is 12.2 Å². The molecule has 64 heavy (non-hydrogen) atoms. The molecule has 3 saturated heterocycles. The van der Waals surface area contributed by atoms with Crippen molar-refractivity contribution < 1.29 is 50.2 Å². The van der Waals surface area contributed by atoms with E-state index in [2.05, 4.69) is 21.9 Å². The number of fused-ring (bicyclic) bond motifs is 2. The zero-order chi connectivity index (χ0) is 46.0. The summed E-state index contributed by atoms with van der Waals surface area (Å²) in [6.07, 6.45) is -7.15. The topological polar surface area (TPSA) is 85.9 Å². The third kappa shape index (κ3) is 10.7. The maximum atomic E-state index is 13.9. The third-order valence-electron chi connectivity index (χ3n) is 13.5. The standard InChI is InChI=1S/C46H53Cl2F6N5O5/c1-55-18-20-58(21-19-55)40(60)8-5-14-56(2)41(61)29-63-39-26-31-6-3-4-7-36(31)43(39)11-15-57(16-12-43)17-13-44(33-9-10-37(47)38(48)28-33)30-59(22-23-64-44)42(62)32-24-34(45(49,50)51)27-35(25-32)46(52,53)54/h3-4,6-7,9-10,24-25,27-28,39H,5,8,11-23,26,29-30H2,1-2H3/t39-,44-/m0/s1. The van der Waals surface area contributed by atoms with Crippen molar-refractivity contribution in [1.29, 1.82) is 0 Å². The van der Waals surface area contributed by atoms with E-state index in [1.165, 1.54) is 16.0 Å². The minimum Gasteiger partial charge on any atom is -0.367 e. The number of hydrogen-bond donors (Lipinski definition) is 0. The van der Waals surface area contributed by atoms with E-state index in [4.69, 9.17) is 32.7 Å². The number of piperidine rings is 1. The Hall–Kier alpha value is -3.93. The molecule has 7 rings (SSSR count). The molecule has 0 aromatic heterocycles. The van der Waals surface area contributed by atoms with Crippen LogP contribution in [0.5, 0.6) is 0 Å². The minimum absolute atomic E-state index is 0.000880. The molecule has 10 nitrogen and oxygen atoms in total. The molecular weight excluding hydrogens is 887 g/mol. The second-order valence-corrected chi connectivity index (χ2v) is 18.3. The summed E-state index contributed by atoms with van der Waals surface area (Å²) in [6, 6.07) is 14.0. The zero-order valence-corrected chi connectivity index (χ0v) is 37.4. The van der Waals surface area contributed by atoms with Crippen molar-refractivity contribution in [3.8, 4) is 0 Å². The fourth-order valence-electron chi connectivity index (χ4n) is 9.63. The number of morpholine rings is 1. The molecule has 18 heteroatoms. The minimum atomic E-state index is -5.12. The van der Waals surface area contributed by atoms with Crippen LogP contribution in [0.1, 0.15) is 70.3 Å². The van der Waals surface area contributed by atoms with E-state index in [9.17, 15) is 40.7 Å². The molecule has 1 spiro atoms. The van der Waals surface area contributed by atoms with Gasteiger partial charge in [0.15, 0.2) is 0 Å². The van der Waals surface area contributed by atoms with E-state index in [1.807, 2.05) is 24.1 Å². The number of piperazine rings is 1. The molecule has 4 aliphatic rings. The summed E-state index contributed by atoms with van der Waals surface area (Å²) < 4.78 is 95.5. The van der Waals surface area contributed by atoms with Crippen molar-refractivity contribution in [2.45, 2.75) is 68.0 Å². The van der Waals surface area contributed by atoms with Crippen LogP contribution in [0.15, 0.2) is 60.7 Å². The van der Waals surface area contributed by atoms with Crippen molar-refractivity contribution >= 4 is 40.9 Å². The lowest BCUT2D eigenvalue weighted by Gasteiger charge is -2.46. The van der Waals surface area contributed by atoms with Gasteiger partial charge in [-0.15, -0.1) is 0 Å². The van der Waals surface area contributed by atoms with Gasteiger partial charge in [0, 0.05) is 70.3 Å². The van der Waals surface area contributed by atoms with Gasteiger partial charge in [0.2, 0.25) is 11.8 Å². The Morgan fingerprint density at radius 2 is 1.52 bits per heavy atom. The second-order valence-electron chi connectivity index (χ2n) is 17.5. The lowest BCUT2D eigenvalue weighted by Crippen LogP contribution is -2.54. The predicted molar refractivity (Wildman–Crippen MR) is 229 cm³/mol. The Morgan fingerprint density at radius 1 is 0.844 bits per heavy atom. The molecule has 348 valence electrons. The van der Waals surface area contributed by atoms with Crippen molar-refractivity contribution in [2.24, 2.45) is 0 Å². The number of likely N-dealkylation sites (N-methyl/N-ethyl adjacent to an activating group) is 2. The van der Waals surface area contributed by atoms with E-state index in [0.29, 0.717) is 82.6 Å². The predicted octanol–water partition coefficient (Wildman–Crippen LogP) is 7.78. The quantitative estimate of drug-likeness (QED) is 0.172. The number of halogens is 8. The van der Waals surface area contributed by atoms with Gasteiger partial charge >= 0.3 is 12.4 Å². The number of amides is 3. The monoisotopic (exact) mass is 939 g/mol. The Labute approximate surface area is 379 Å². The molecular formula is C46H53Cl2F6N5O5. The molecule has 3 aromatic carbocycles. The Bertz CT molecular complexity index is 2150. The lowest BCUT2D eigenvalue weighted by atomic mass is 9.72. The Kier molecular flexibility index (Phi) is 14.6. The van der Waals surface area contributed by atoms with Gasteiger partial charge in [-0.3, -0.25) is 14.4 Å². The molecule has 3 aromatic rings. The summed E-state index contributed by atoms with van der Waals surface area (Å²) in [5.74, 6) is -1.04. The van der Waals surface area contributed by atoms with E-state index < -0.39 is 40.6 Å². The Balaban J connectivity index is 1.01. The van der Waals surface area contributed by atoms with Crippen LogP contribution in [0, 0.1) is 0 Å². The zero-order valence-electron chi connectivity index (χ0n) is 35.9. The largest absolute Gasteiger partial charge is 0.416 e. The van der Waals surface area contributed by atoms with E-state index >= 15 is 0 Å². The number of benzene rings is 3. The highest BCUT2D eigenvalue weighted by molar-refractivity contribution is 6.42. The number of hydrogen-bond acceptors (Lipinski definition) is 7. The fourth-order valence-corrected chi connectivity index (χ4v) is 9.93. The maximum absolute atomic E-state index is 13.9. The van der Waals surface area contributed by atoms with Gasteiger partial charge in [-0.25, -0.2) is 0 Å². The number of nitrogens with zero attached hydrogens (tertiary/aromatic N) is 5. The van der Waals surface area contributed by atoms with Gasteiger partial charge in [-0.05, 0) is 99.3 Å². The summed E-state index contributed by atoms with van der Waals surface area (Å²) in [5, 5.41) is 0.481. The Morgan fingerprint density at radius 3 is 2.17 bits per heavy atom. The van der Waals surface area contributed by atoms with Crippen LogP contribution in [0.3, 0.4) is 0 Å². The van der Waals surface area contributed by atoms with Crippen molar-refractivity contribution in [3.63, 3.8) is 0 Å². The number of ether oxygens (including phenoxy) is 2. The van der Waals surface area contributed by atoms with Gasteiger partial charge < -0.3 is 34.0 Å². The summed E-state index contributed by atoms with van der Waals surface area (Å²) in [6.45, 7) is 4.95. The number of alkyl halides is 6. The maximum Gasteiger partial charge on any atom is 0.416 e. The molecule has 3 aliphatic heterocycles. The number of carbonyl (C=O) groups is 3. The van der Waals surface area contributed by atoms with Crippen LogP contribution < -0.4 is 0 Å². The molecule has 0 bridgehead atoms. The highest BCUT2D eigenvalue weighted by Gasteiger charge is 2.50. The highest BCUT2D eigenvalue weighted by Crippen LogP contribution is 2.48. The van der Waals surface area contributed by atoms with Crippen LogP contribution in [-0.2, 0) is 48.9 Å². The normalized spacial score (nSPS) is 21.9. The molecule has 3 amide bonds. The van der Waals surface area contributed by atoms with Crippen molar-refractivity contribution in [1.82, 2.24) is 24.5 Å². The van der Waals surface area contributed by atoms with Gasteiger partial charge in [0.25, 0.3) is 5.91 Å². The molecule has 0 saturated carbocycles. The summed E-state index contributed by atoms with van der Waals surface area (Å²) >= 11 is 12.7. The van der Waals surface area contributed by atoms with E-state index in [0.717, 1.165) is 25.9 Å². The van der Waals surface area contributed by atoms with Crippen molar-refractivity contribution in [3.05, 3.63) is 104 Å². The van der Waals surface area contributed by atoms with E-state index in [1.54, 1.807) is 30.1 Å². The molecule has 1 aliphatic carbocycles. The van der Waals surface area contributed by atoms with Crippen LogP contribution in [0.4, 0.5) is 26.3 Å². The number of likely N-dealkylation sites (tertiary alicyclic amines) is 1. The second kappa shape index (κ2) is 19.5. The SMILES string of the molecule is CN1CCN(C(=O)CCCN(C)C(=O)CO[C@H]2Cc3ccccc3C23CCN(CC[C@@]2(c4ccc(Cl)c(Cl)c4)CN(C(=O)c4cc(C(F)(F)F)cc(C(F)(F)F)c4)CCO2)CC3)CC1. The lowest BCUT2D eigenvalue weighted by molar-refractivity contribution is -0.143.